The molecular weight excluding hydrogens is 322 g/mol. The number of hydrogen-bond donors (Lipinski definition) is 2. The summed E-state index contributed by atoms with van der Waals surface area (Å²) in [7, 11) is 0. The van der Waals surface area contributed by atoms with Crippen molar-refractivity contribution in [3.05, 3.63) is 27.7 Å². The second-order valence-corrected chi connectivity index (χ2v) is 6.02. The highest BCUT2D eigenvalue weighted by molar-refractivity contribution is 9.10. The summed E-state index contributed by atoms with van der Waals surface area (Å²) in [6.45, 7) is 8.50. The van der Waals surface area contributed by atoms with Crippen LogP contribution >= 0.6 is 15.9 Å². The van der Waals surface area contributed by atoms with Crippen molar-refractivity contribution < 1.29 is 14.6 Å². The van der Waals surface area contributed by atoms with Gasteiger partial charge in [0.1, 0.15) is 5.75 Å². The summed E-state index contributed by atoms with van der Waals surface area (Å²) in [6.07, 6.45) is -0.380. The molecule has 1 unspecified atom stereocenters. The van der Waals surface area contributed by atoms with E-state index in [0.29, 0.717) is 24.8 Å². The van der Waals surface area contributed by atoms with Crippen molar-refractivity contribution >= 4 is 21.9 Å². The maximum Gasteiger partial charge on any atom is 0.344 e. The van der Waals surface area contributed by atoms with E-state index >= 15 is 0 Å². The van der Waals surface area contributed by atoms with Crippen LogP contribution in [0.1, 0.15) is 38.3 Å². The highest BCUT2D eigenvalue weighted by Gasteiger charge is 2.20. The molecule has 0 saturated heterocycles. The molecule has 0 fully saturated rings. The molecule has 0 aromatic heterocycles. The van der Waals surface area contributed by atoms with Crippen molar-refractivity contribution in [2.75, 3.05) is 0 Å². The number of hydrogen-bond acceptors (Lipinski definition) is 3. The number of benzene rings is 1. The molecule has 0 aliphatic heterocycles. The fourth-order valence-electron chi connectivity index (χ4n) is 1.86. The molecule has 4 nitrogen and oxygen atoms in total. The molecule has 1 aromatic carbocycles. The van der Waals surface area contributed by atoms with Crippen LogP contribution in [0.25, 0.3) is 0 Å². The van der Waals surface area contributed by atoms with E-state index in [0.717, 1.165) is 15.6 Å². The quantitative estimate of drug-likeness (QED) is 0.795. The third-order valence-electron chi connectivity index (χ3n) is 2.92. The predicted octanol–water partition coefficient (Wildman–Crippen LogP) is 3.50. The van der Waals surface area contributed by atoms with Crippen molar-refractivity contribution in [2.45, 2.75) is 52.8 Å². The van der Waals surface area contributed by atoms with Gasteiger partial charge in [0.2, 0.25) is 0 Å². The van der Waals surface area contributed by atoms with Gasteiger partial charge in [-0.05, 0) is 31.0 Å². The largest absolute Gasteiger partial charge is 0.479 e. The molecule has 0 bridgehead atoms. The molecule has 1 rings (SSSR count). The fourth-order valence-corrected chi connectivity index (χ4v) is 2.48. The van der Waals surface area contributed by atoms with E-state index in [-0.39, 0.29) is 0 Å². The van der Waals surface area contributed by atoms with Gasteiger partial charge in [-0.15, -0.1) is 0 Å². The summed E-state index contributed by atoms with van der Waals surface area (Å²) in [4.78, 5) is 11.1. The minimum Gasteiger partial charge on any atom is -0.479 e. The Morgan fingerprint density at radius 2 is 2.10 bits per heavy atom. The first-order valence-corrected chi connectivity index (χ1v) is 7.56. The number of carboxylic acids is 1. The number of carboxylic acid groups (broad SMARTS) is 1. The first-order chi connectivity index (χ1) is 9.35. The Kier molecular flexibility index (Phi) is 6.49. The number of rotatable bonds is 7. The molecular formula is C15H22BrNO3. The number of carbonyl (C=O) groups is 1. The van der Waals surface area contributed by atoms with Gasteiger partial charge in [0, 0.05) is 22.6 Å². The van der Waals surface area contributed by atoms with Crippen molar-refractivity contribution in [1.29, 1.82) is 0 Å². The molecule has 0 aliphatic carbocycles. The maximum absolute atomic E-state index is 11.1. The molecule has 0 spiro atoms. The summed E-state index contributed by atoms with van der Waals surface area (Å²) in [5.74, 6) is -0.270. The molecule has 2 N–H and O–H groups in total. The van der Waals surface area contributed by atoms with Gasteiger partial charge in [-0.2, -0.15) is 0 Å². The van der Waals surface area contributed by atoms with Crippen LogP contribution in [0.2, 0.25) is 0 Å². The molecule has 0 amide bonds. The van der Waals surface area contributed by atoms with Crippen LogP contribution in [0, 0.1) is 6.92 Å². The first-order valence-electron chi connectivity index (χ1n) is 6.77. The fraction of sp³-hybridized carbons (Fsp3) is 0.533. The number of ether oxygens (including phenoxy) is 1. The SMILES string of the molecule is CCC(Oc1c(C)cc(Br)cc1CNC(C)C)C(=O)O. The molecule has 1 atom stereocenters. The zero-order valence-electron chi connectivity index (χ0n) is 12.4. The summed E-state index contributed by atoms with van der Waals surface area (Å²) in [6, 6.07) is 4.25. The van der Waals surface area contributed by atoms with Crippen LogP contribution in [-0.4, -0.2) is 23.2 Å². The Morgan fingerprint density at radius 1 is 1.45 bits per heavy atom. The third kappa shape index (κ3) is 4.80. The van der Waals surface area contributed by atoms with E-state index < -0.39 is 12.1 Å². The third-order valence-corrected chi connectivity index (χ3v) is 3.38. The minimum atomic E-state index is -0.933. The Morgan fingerprint density at radius 3 is 2.60 bits per heavy atom. The topological polar surface area (TPSA) is 58.6 Å². The van der Waals surface area contributed by atoms with Gasteiger partial charge in [-0.3, -0.25) is 0 Å². The predicted molar refractivity (Wildman–Crippen MR) is 83.2 cm³/mol. The zero-order valence-corrected chi connectivity index (χ0v) is 14.0. The standard InChI is InChI=1S/C15H22BrNO3/c1-5-13(15(18)19)20-14-10(4)6-12(16)7-11(14)8-17-9(2)3/h6-7,9,13,17H,5,8H2,1-4H3,(H,18,19). The molecule has 0 saturated carbocycles. The molecule has 0 aliphatic rings. The second kappa shape index (κ2) is 7.64. The lowest BCUT2D eigenvalue weighted by atomic mass is 10.1. The van der Waals surface area contributed by atoms with Crippen molar-refractivity contribution in [2.24, 2.45) is 0 Å². The highest BCUT2D eigenvalue weighted by atomic mass is 79.9. The summed E-state index contributed by atoms with van der Waals surface area (Å²) >= 11 is 3.47. The van der Waals surface area contributed by atoms with Gasteiger partial charge >= 0.3 is 5.97 Å². The van der Waals surface area contributed by atoms with Crippen molar-refractivity contribution in [1.82, 2.24) is 5.32 Å². The van der Waals surface area contributed by atoms with Crippen molar-refractivity contribution in [3.63, 3.8) is 0 Å². The summed E-state index contributed by atoms with van der Waals surface area (Å²) in [5, 5.41) is 12.5. The Balaban J connectivity index is 3.05. The number of aryl methyl sites for hydroxylation is 1. The highest BCUT2D eigenvalue weighted by Crippen LogP contribution is 2.29. The lowest BCUT2D eigenvalue weighted by Crippen LogP contribution is -2.28. The maximum atomic E-state index is 11.1. The van der Waals surface area contributed by atoms with Gasteiger partial charge in [0.05, 0.1) is 0 Å². The van der Waals surface area contributed by atoms with Crippen LogP contribution in [0.3, 0.4) is 0 Å². The van der Waals surface area contributed by atoms with Gasteiger partial charge in [-0.1, -0.05) is 36.7 Å². The number of nitrogens with one attached hydrogen (secondary N) is 1. The van der Waals surface area contributed by atoms with Crippen molar-refractivity contribution in [3.8, 4) is 5.75 Å². The Hall–Kier alpha value is -1.07. The van der Waals surface area contributed by atoms with Gasteiger partial charge < -0.3 is 15.2 Å². The number of halogens is 1. The average Bonchev–Trinajstić information content (AvgIpc) is 2.34. The molecule has 0 radical (unpaired) electrons. The van der Waals surface area contributed by atoms with E-state index in [2.05, 4.69) is 35.1 Å². The van der Waals surface area contributed by atoms with Crippen LogP contribution in [0.15, 0.2) is 16.6 Å². The first kappa shape index (κ1) is 17.0. The van der Waals surface area contributed by atoms with E-state index in [1.54, 1.807) is 6.92 Å². The summed E-state index contributed by atoms with van der Waals surface area (Å²) < 4.78 is 6.68. The average molecular weight is 344 g/mol. The number of aliphatic carboxylic acids is 1. The zero-order chi connectivity index (χ0) is 15.3. The molecule has 20 heavy (non-hydrogen) atoms. The van der Waals surface area contributed by atoms with Gasteiger partial charge in [-0.25, -0.2) is 4.79 Å². The van der Waals surface area contributed by atoms with E-state index in [9.17, 15) is 4.79 Å². The smallest absolute Gasteiger partial charge is 0.344 e. The lowest BCUT2D eigenvalue weighted by Gasteiger charge is -2.20. The molecule has 1 aromatic rings. The minimum absolute atomic E-state index is 0.351. The van der Waals surface area contributed by atoms with E-state index in [1.165, 1.54) is 0 Å². The van der Waals surface area contributed by atoms with Crippen LogP contribution < -0.4 is 10.1 Å². The molecule has 5 heteroatoms. The monoisotopic (exact) mass is 343 g/mol. The van der Waals surface area contributed by atoms with Crippen LogP contribution in [-0.2, 0) is 11.3 Å². The molecule has 0 heterocycles. The van der Waals surface area contributed by atoms with Gasteiger partial charge in [0.25, 0.3) is 0 Å². The van der Waals surface area contributed by atoms with E-state index in [1.807, 2.05) is 19.1 Å². The Bertz CT molecular complexity index is 474. The molecule has 112 valence electrons. The summed E-state index contributed by atoms with van der Waals surface area (Å²) in [5.41, 5.74) is 1.89. The lowest BCUT2D eigenvalue weighted by molar-refractivity contribution is -0.145. The van der Waals surface area contributed by atoms with Crippen LogP contribution in [0.4, 0.5) is 0 Å². The van der Waals surface area contributed by atoms with E-state index in [4.69, 9.17) is 9.84 Å². The van der Waals surface area contributed by atoms with Gasteiger partial charge in [0.15, 0.2) is 6.10 Å². The Labute approximate surface area is 128 Å². The second-order valence-electron chi connectivity index (χ2n) is 5.10. The van der Waals surface area contributed by atoms with Crippen LogP contribution in [0.5, 0.6) is 5.75 Å². The normalized spacial score (nSPS) is 12.5.